The Bertz CT molecular complexity index is 1030. The number of ether oxygens (including phenoxy) is 2. The number of phosphoric acid groups is 1. The van der Waals surface area contributed by atoms with Gasteiger partial charge in [0.05, 0.1) is 13.2 Å². The number of nitrogens with two attached hydrogens (primary N) is 1. The van der Waals surface area contributed by atoms with Crippen molar-refractivity contribution in [3.63, 3.8) is 0 Å². The molecule has 0 rings (SSSR count). The number of hydrogen-bond acceptors (Lipinski definition) is 8. The maximum atomic E-state index is 12.6. The van der Waals surface area contributed by atoms with Crippen LogP contribution in [-0.4, -0.2) is 49.3 Å². The Hall–Kier alpha value is -2.03. The number of hydrogen-bond donors (Lipinski definition) is 2. The topological polar surface area (TPSA) is 134 Å². The summed E-state index contributed by atoms with van der Waals surface area (Å²) >= 11 is 0. The van der Waals surface area contributed by atoms with Gasteiger partial charge in [-0.1, -0.05) is 191 Å². The Kier molecular flexibility index (Phi) is 39.1. The molecule has 0 aromatic carbocycles. The van der Waals surface area contributed by atoms with E-state index in [1.54, 1.807) is 0 Å². The predicted octanol–water partition coefficient (Wildman–Crippen LogP) is 12.3. The van der Waals surface area contributed by atoms with Gasteiger partial charge in [-0.05, 0) is 32.1 Å². The summed E-state index contributed by atoms with van der Waals surface area (Å²) < 4.78 is 32.8. The van der Waals surface area contributed by atoms with Gasteiger partial charge in [-0.15, -0.1) is 0 Å². The zero-order chi connectivity index (χ0) is 39.6. The van der Waals surface area contributed by atoms with Gasteiger partial charge in [0.1, 0.15) is 6.61 Å². The molecule has 0 aromatic heterocycles. The van der Waals surface area contributed by atoms with Gasteiger partial charge in [-0.3, -0.25) is 18.6 Å². The zero-order valence-electron chi connectivity index (χ0n) is 34.4. The van der Waals surface area contributed by atoms with Crippen molar-refractivity contribution < 1.29 is 37.6 Å². The summed E-state index contributed by atoms with van der Waals surface area (Å²) in [5, 5.41) is 0. The van der Waals surface area contributed by atoms with Crippen molar-refractivity contribution in [1.29, 1.82) is 0 Å². The first-order valence-corrected chi connectivity index (χ1v) is 23.2. The Labute approximate surface area is 330 Å². The molecule has 0 amide bonds. The van der Waals surface area contributed by atoms with Crippen molar-refractivity contribution in [3.8, 4) is 0 Å². The fourth-order valence-electron chi connectivity index (χ4n) is 5.88. The molecule has 54 heavy (non-hydrogen) atoms. The number of unbranched alkanes of at least 4 members (excludes halogenated alkanes) is 22. The molecule has 0 aliphatic rings. The number of carbonyl (C=O) groups excluding carboxylic acids is 2. The van der Waals surface area contributed by atoms with E-state index in [4.69, 9.17) is 24.3 Å². The molecule has 314 valence electrons. The molecule has 0 fully saturated rings. The third-order valence-electron chi connectivity index (χ3n) is 9.07. The number of carbonyl (C=O) groups is 2. The average Bonchev–Trinajstić information content (AvgIpc) is 3.16. The Balaban J connectivity index is 4.16. The smallest absolute Gasteiger partial charge is 0.462 e. The van der Waals surface area contributed by atoms with E-state index in [-0.39, 0.29) is 32.6 Å². The average molecular weight is 782 g/mol. The minimum Gasteiger partial charge on any atom is -0.462 e. The summed E-state index contributed by atoms with van der Waals surface area (Å²) in [4.78, 5) is 34.9. The van der Waals surface area contributed by atoms with Crippen molar-refractivity contribution in [2.45, 2.75) is 193 Å². The van der Waals surface area contributed by atoms with E-state index in [0.717, 1.165) is 51.4 Å². The van der Waals surface area contributed by atoms with Gasteiger partial charge in [0.15, 0.2) is 6.10 Å². The maximum Gasteiger partial charge on any atom is 0.472 e. The van der Waals surface area contributed by atoms with E-state index >= 15 is 0 Å². The molecule has 9 nitrogen and oxygen atoms in total. The molecule has 0 spiro atoms. The summed E-state index contributed by atoms with van der Waals surface area (Å²) in [6.45, 7) is 3.58. The van der Waals surface area contributed by atoms with Crippen LogP contribution in [0.2, 0.25) is 0 Å². The van der Waals surface area contributed by atoms with Gasteiger partial charge in [-0.25, -0.2) is 4.57 Å². The lowest BCUT2D eigenvalue weighted by Gasteiger charge is -2.19. The number of rotatable bonds is 40. The van der Waals surface area contributed by atoms with Crippen LogP contribution in [0.1, 0.15) is 187 Å². The van der Waals surface area contributed by atoms with E-state index in [1.807, 2.05) is 30.4 Å². The summed E-state index contributed by atoms with van der Waals surface area (Å²) in [5.74, 6) is -0.852. The Morgan fingerprint density at radius 3 is 1.52 bits per heavy atom. The summed E-state index contributed by atoms with van der Waals surface area (Å²) in [6.07, 6.45) is 45.7. The van der Waals surface area contributed by atoms with Gasteiger partial charge < -0.3 is 20.1 Å². The summed E-state index contributed by atoms with van der Waals surface area (Å²) in [6, 6.07) is 0. The van der Waals surface area contributed by atoms with Crippen LogP contribution in [0.25, 0.3) is 0 Å². The van der Waals surface area contributed by atoms with Gasteiger partial charge >= 0.3 is 19.8 Å². The molecule has 0 bridgehead atoms. The van der Waals surface area contributed by atoms with Crippen LogP contribution < -0.4 is 5.73 Å². The van der Waals surface area contributed by atoms with Crippen LogP contribution in [0, 0.1) is 0 Å². The van der Waals surface area contributed by atoms with Crippen molar-refractivity contribution >= 4 is 19.8 Å². The molecule has 10 heteroatoms. The fraction of sp³-hybridized carbons (Fsp3) is 0.773. The van der Waals surface area contributed by atoms with Crippen molar-refractivity contribution in [3.05, 3.63) is 48.6 Å². The van der Waals surface area contributed by atoms with Crippen LogP contribution in [0.5, 0.6) is 0 Å². The van der Waals surface area contributed by atoms with Crippen molar-refractivity contribution in [1.82, 2.24) is 0 Å². The predicted molar refractivity (Wildman–Crippen MR) is 224 cm³/mol. The largest absolute Gasteiger partial charge is 0.472 e. The van der Waals surface area contributed by atoms with Crippen LogP contribution in [-0.2, 0) is 32.7 Å². The standard InChI is InChI=1S/C44H80NO8P/c1-3-5-7-9-11-13-15-17-19-20-21-23-25-27-29-31-33-35-37-44(47)53-42(41-52-54(48,49)51-39-38-45)40-50-43(46)36-34-32-30-28-26-24-22-18-16-14-12-10-8-6-4-2/h6,8,10,12,14,16,18,22,42H,3-5,7,9,11,13,15,17,19-21,23-41,45H2,1-2H3,(H,48,49)/b8-6+,12-10+,16-14+,22-18+/t42-/m1/s1. The van der Waals surface area contributed by atoms with Gasteiger partial charge in [-0.2, -0.15) is 0 Å². The second-order valence-corrected chi connectivity index (χ2v) is 15.7. The van der Waals surface area contributed by atoms with E-state index in [2.05, 4.69) is 32.1 Å². The summed E-state index contributed by atoms with van der Waals surface area (Å²) in [7, 11) is -4.38. The minimum absolute atomic E-state index is 0.0492. The molecule has 0 saturated carbocycles. The molecule has 0 saturated heterocycles. The number of esters is 2. The number of phosphoric ester groups is 1. The zero-order valence-corrected chi connectivity index (χ0v) is 35.3. The quantitative estimate of drug-likeness (QED) is 0.0269. The first-order chi connectivity index (χ1) is 26.3. The van der Waals surface area contributed by atoms with E-state index < -0.39 is 32.5 Å². The molecular weight excluding hydrogens is 701 g/mol. The highest BCUT2D eigenvalue weighted by Gasteiger charge is 2.26. The normalized spacial score (nSPS) is 13.8. The molecule has 0 aliphatic carbocycles. The first-order valence-electron chi connectivity index (χ1n) is 21.7. The molecule has 1 unspecified atom stereocenters. The maximum absolute atomic E-state index is 12.6. The minimum atomic E-state index is -4.38. The van der Waals surface area contributed by atoms with E-state index in [9.17, 15) is 19.0 Å². The highest BCUT2D eigenvalue weighted by Crippen LogP contribution is 2.43. The van der Waals surface area contributed by atoms with Crippen LogP contribution in [0.4, 0.5) is 0 Å². The lowest BCUT2D eigenvalue weighted by atomic mass is 10.0. The van der Waals surface area contributed by atoms with Gasteiger partial charge in [0.25, 0.3) is 0 Å². The van der Waals surface area contributed by atoms with Crippen LogP contribution >= 0.6 is 7.82 Å². The SMILES string of the molecule is CC/C=C/C=C/C=C/C=C/CCCCCCCC(=O)OC[C@H](COP(=O)(O)OCCN)OC(=O)CCCCCCCCCCCCCCCCCCCC. The third kappa shape index (κ3) is 39.7. The molecule has 2 atom stereocenters. The lowest BCUT2D eigenvalue weighted by molar-refractivity contribution is -0.161. The van der Waals surface area contributed by atoms with Crippen molar-refractivity contribution in [2.24, 2.45) is 5.73 Å². The molecular formula is C44H80NO8P. The molecule has 3 N–H and O–H groups in total. The Morgan fingerprint density at radius 2 is 1.02 bits per heavy atom. The van der Waals surface area contributed by atoms with Crippen molar-refractivity contribution in [2.75, 3.05) is 26.4 Å². The second kappa shape index (κ2) is 40.6. The first kappa shape index (κ1) is 52.0. The monoisotopic (exact) mass is 782 g/mol. The molecule has 0 heterocycles. The second-order valence-electron chi connectivity index (χ2n) is 14.3. The van der Waals surface area contributed by atoms with Crippen LogP contribution in [0.15, 0.2) is 48.6 Å². The van der Waals surface area contributed by atoms with E-state index in [1.165, 1.54) is 96.3 Å². The Morgan fingerprint density at radius 1 is 0.574 bits per heavy atom. The molecule has 0 radical (unpaired) electrons. The lowest BCUT2D eigenvalue weighted by Crippen LogP contribution is -2.29. The highest BCUT2D eigenvalue weighted by molar-refractivity contribution is 7.47. The molecule has 0 aromatic rings. The summed E-state index contributed by atoms with van der Waals surface area (Å²) in [5.41, 5.74) is 5.34. The molecule has 0 aliphatic heterocycles. The fourth-order valence-corrected chi connectivity index (χ4v) is 6.65. The van der Waals surface area contributed by atoms with Gasteiger partial charge in [0.2, 0.25) is 0 Å². The van der Waals surface area contributed by atoms with Gasteiger partial charge in [0, 0.05) is 19.4 Å². The third-order valence-corrected chi connectivity index (χ3v) is 10.1. The van der Waals surface area contributed by atoms with Crippen LogP contribution in [0.3, 0.4) is 0 Å². The highest BCUT2D eigenvalue weighted by atomic mass is 31.2. The number of allylic oxidation sites excluding steroid dienone is 8. The van der Waals surface area contributed by atoms with E-state index in [0.29, 0.717) is 12.8 Å².